The zero-order chi connectivity index (χ0) is 19.3. The normalized spacial score (nSPS) is 26.1. The van der Waals surface area contributed by atoms with E-state index in [1.807, 2.05) is 12.1 Å². The van der Waals surface area contributed by atoms with Crippen LogP contribution >= 0.6 is 0 Å². The molecule has 2 aliphatic rings. The first-order chi connectivity index (χ1) is 12.9. The second-order valence-corrected chi connectivity index (χ2v) is 10.4. The molecule has 1 aromatic rings. The molecule has 1 N–H and O–H groups in total. The minimum Gasteiger partial charge on any atom is -0.300 e. The molecule has 2 unspecified atom stereocenters. The van der Waals surface area contributed by atoms with Crippen molar-refractivity contribution in [2.45, 2.75) is 82.6 Å². The number of hydrogen-bond donors (Lipinski definition) is 1. The van der Waals surface area contributed by atoms with E-state index >= 15 is 0 Å². The third-order valence-corrected chi connectivity index (χ3v) is 7.15. The number of benzene rings is 1. The van der Waals surface area contributed by atoms with Crippen molar-refractivity contribution in [1.82, 2.24) is 4.90 Å². The van der Waals surface area contributed by atoms with Gasteiger partial charge in [0.05, 0.1) is 6.26 Å². The van der Waals surface area contributed by atoms with E-state index in [2.05, 4.69) is 28.7 Å². The molecule has 2 atom stereocenters. The fourth-order valence-electron chi connectivity index (χ4n) is 5.16. The standard InChI is InChI=1S/C22H36N2O2S/c1-3-4-5-6-7-15-24-16-14-22(13-9-12-21(24)18-22)19-10-8-11-20(17-19)23-27(2,25)26/h8,10-11,17,21,23H,3-7,9,12-16,18H2,1-2H3. The Morgan fingerprint density at radius 2 is 2.00 bits per heavy atom. The number of likely N-dealkylation sites (tertiary alicyclic amines) is 1. The highest BCUT2D eigenvalue weighted by Crippen LogP contribution is 2.47. The summed E-state index contributed by atoms with van der Waals surface area (Å²) >= 11 is 0. The zero-order valence-electron chi connectivity index (χ0n) is 17.0. The van der Waals surface area contributed by atoms with E-state index in [-0.39, 0.29) is 5.41 Å². The molecule has 152 valence electrons. The topological polar surface area (TPSA) is 49.4 Å². The maximum Gasteiger partial charge on any atom is 0.229 e. The predicted octanol–water partition coefficient (Wildman–Crippen LogP) is 4.91. The molecule has 1 aromatic carbocycles. The third kappa shape index (κ3) is 5.47. The first-order valence-electron chi connectivity index (χ1n) is 10.7. The summed E-state index contributed by atoms with van der Waals surface area (Å²) in [5.74, 6) is 0. The number of sulfonamides is 1. The SMILES string of the molecule is CCCCCCCN1CCC2(c3cccc(NS(C)(=O)=O)c3)CCCC1C2. The van der Waals surface area contributed by atoms with Crippen molar-refractivity contribution in [3.63, 3.8) is 0 Å². The van der Waals surface area contributed by atoms with Crippen molar-refractivity contribution in [2.24, 2.45) is 0 Å². The van der Waals surface area contributed by atoms with Crippen LogP contribution in [0.3, 0.4) is 0 Å². The fourth-order valence-corrected chi connectivity index (χ4v) is 5.71. The van der Waals surface area contributed by atoms with Gasteiger partial charge in [-0.05, 0) is 68.3 Å². The lowest BCUT2D eigenvalue weighted by Crippen LogP contribution is -2.51. The van der Waals surface area contributed by atoms with E-state index in [0.717, 1.165) is 0 Å². The Balaban J connectivity index is 1.65. The lowest BCUT2D eigenvalue weighted by atomic mass is 9.63. The molecule has 0 amide bonds. The molecule has 0 radical (unpaired) electrons. The monoisotopic (exact) mass is 392 g/mol. The van der Waals surface area contributed by atoms with Crippen molar-refractivity contribution < 1.29 is 8.42 Å². The van der Waals surface area contributed by atoms with Crippen LogP contribution in [0.4, 0.5) is 5.69 Å². The Bertz CT molecular complexity index is 719. The molecule has 5 heteroatoms. The first-order valence-corrected chi connectivity index (χ1v) is 12.6. The smallest absolute Gasteiger partial charge is 0.229 e. The second kappa shape index (κ2) is 8.95. The van der Waals surface area contributed by atoms with Crippen LogP contribution in [-0.2, 0) is 15.4 Å². The number of rotatable bonds is 9. The van der Waals surface area contributed by atoms with E-state index in [9.17, 15) is 8.42 Å². The van der Waals surface area contributed by atoms with E-state index < -0.39 is 10.0 Å². The average Bonchev–Trinajstić information content (AvgIpc) is 2.62. The first kappa shape index (κ1) is 20.7. The number of nitrogens with zero attached hydrogens (tertiary/aromatic N) is 1. The van der Waals surface area contributed by atoms with E-state index in [1.165, 1.54) is 89.1 Å². The highest BCUT2D eigenvalue weighted by atomic mass is 32.2. The van der Waals surface area contributed by atoms with Gasteiger partial charge in [-0.2, -0.15) is 0 Å². The fraction of sp³-hybridized carbons (Fsp3) is 0.727. The van der Waals surface area contributed by atoms with Gasteiger partial charge in [-0.25, -0.2) is 8.42 Å². The molecule has 0 aromatic heterocycles. The zero-order valence-corrected chi connectivity index (χ0v) is 17.9. The Hall–Kier alpha value is -1.07. The molecule has 1 heterocycles. The highest BCUT2D eigenvalue weighted by molar-refractivity contribution is 7.92. The summed E-state index contributed by atoms with van der Waals surface area (Å²) in [5.41, 5.74) is 2.25. The Labute approximate surface area is 165 Å². The van der Waals surface area contributed by atoms with Crippen LogP contribution < -0.4 is 4.72 Å². The number of unbranched alkanes of at least 4 members (excludes halogenated alkanes) is 4. The molecule has 0 spiro atoms. The number of anilines is 1. The molecule has 27 heavy (non-hydrogen) atoms. The van der Waals surface area contributed by atoms with Crippen LogP contribution in [-0.4, -0.2) is 38.7 Å². The van der Waals surface area contributed by atoms with Gasteiger partial charge in [-0.3, -0.25) is 4.72 Å². The van der Waals surface area contributed by atoms with Crippen molar-refractivity contribution in [1.29, 1.82) is 0 Å². The Kier molecular flexibility index (Phi) is 6.85. The predicted molar refractivity (Wildman–Crippen MR) is 114 cm³/mol. The molecule has 1 saturated heterocycles. The van der Waals surface area contributed by atoms with Crippen molar-refractivity contribution in [2.75, 3.05) is 24.1 Å². The minimum atomic E-state index is -3.23. The Morgan fingerprint density at radius 1 is 1.19 bits per heavy atom. The molecule has 1 aliphatic carbocycles. The summed E-state index contributed by atoms with van der Waals surface area (Å²) in [7, 11) is -3.23. The average molecular weight is 393 g/mol. The van der Waals surface area contributed by atoms with Crippen molar-refractivity contribution in [3.05, 3.63) is 29.8 Å². The maximum absolute atomic E-state index is 11.6. The van der Waals surface area contributed by atoms with Crippen molar-refractivity contribution >= 4 is 15.7 Å². The number of nitrogens with one attached hydrogen (secondary N) is 1. The quantitative estimate of drug-likeness (QED) is 0.607. The lowest BCUT2D eigenvalue weighted by molar-refractivity contribution is 0.0504. The molecule has 2 bridgehead atoms. The van der Waals surface area contributed by atoms with Gasteiger partial charge in [-0.1, -0.05) is 51.2 Å². The van der Waals surface area contributed by atoms with E-state index in [0.29, 0.717) is 11.7 Å². The number of piperidine rings is 1. The van der Waals surface area contributed by atoms with Gasteiger partial charge in [0.15, 0.2) is 0 Å². The van der Waals surface area contributed by atoms with Gasteiger partial charge in [0.25, 0.3) is 0 Å². The van der Waals surface area contributed by atoms with E-state index in [1.54, 1.807) is 0 Å². The molecular formula is C22H36N2O2S. The summed E-state index contributed by atoms with van der Waals surface area (Å²) in [6.45, 7) is 4.70. The number of fused-ring (bicyclic) bond motifs is 2. The molecule has 1 aliphatic heterocycles. The van der Waals surface area contributed by atoms with Crippen LogP contribution in [0.15, 0.2) is 24.3 Å². The van der Waals surface area contributed by atoms with Gasteiger partial charge < -0.3 is 4.90 Å². The largest absolute Gasteiger partial charge is 0.300 e. The molecular weight excluding hydrogens is 356 g/mol. The molecule has 4 nitrogen and oxygen atoms in total. The molecule has 1 saturated carbocycles. The Morgan fingerprint density at radius 3 is 2.78 bits per heavy atom. The summed E-state index contributed by atoms with van der Waals surface area (Å²) in [4.78, 5) is 2.74. The van der Waals surface area contributed by atoms with Gasteiger partial charge in [-0.15, -0.1) is 0 Å². The summed E-state index contributed by atoms with van der Waals surface area (Å²) in [6.07, 6.45) is 14.2. The van der Waals surface area contributed by atoms with Crippen molar-refractivity contribution in [3.8, 4) is 0 Å². The van der Waals surface area contributed by atoms with Crippen LogP contribution in [0.1, 0.15) is 76.7 Å². The molecule has 3 rings (SSSR count). The van der Waals surface area contributed by atoms with Crippen LogP contribution in [0.25, 0.3) is 0 Å². The summed E-state index contributed by atoms with van der Waals surface area (Å²) < 4.78 is 25.8. The summed E-state index contributed by atoms with van der Waals surface area (Å²) in [6, 6.07) is 8.83. The highest BCUT2D eigenvalue weighted by Gasteiger charge is 2.43. The van der Waals surface area contributed by atoms with Crippen LogP contribution in [0.2, 0.25) is 0 Å². The van der Waals surface area contributed by atoms with Gasteiger partial charge in [0.2, 0.25) is 10.0 Å². The third-order valence-electron chi connectivity index (χ3n) is 6.54. The van der Waals surface area contributed by atoms with Gasteiger partial charge >= 0.3 is 0 Å². The van der Waals surface area contributed by atoms with Crippen LogP contribution in [0.5, 0.6) is 0 Å². The molecule has 2 fully saturated rings. The van der Waals surface area contributed by atoms with Gasteiger partial charge in [0.1, 0.15) is 0 Å². The maximum atomic E-state index is 11.6. The minimum absolute atomic E-state index is 0.233. The number of hydrogen-bond acceptors (Lipinski definition) is 3. The van der Waals surface area contributed by atoms with Crippen LogP contribution in [0, 0.1) is 0 Å². The summed E-state index contributed by atoms with van der Waals surface area (Å²) in [5, 5.41) is 0. The van der Waals surface area contributed by atoms with E-state index in [4.69, 9.17) is 0 Å². The lowest BCUT2D eigenvalue weighted by Gasteiger charge is -2.51. The second-order valence-electron chi connectivity index (χ2n) is 8.69. The van der Waals surface area contributed by atoms with Gasteiger partial charge in [0, 0.05) is 11.7 Å².